The minimum atomic E-state index is -0.0192. The molecule has 15 heavy (non-hydrogen) atoms. The highest BCUT2D eigenvalue weighted by Crippen LogP contribution is 2.01. The van der Waals surface area contributed by atoms with Gasteiger partial charge in [-0.2, -0.15) is 0 Å². The topological polar surface area (TPSA) is 44.8 Å². The Hall–Kier alpha value is -0.650. The summed E-state index contributed by atoms with van der Waals surface area (Å²) in [5.74, 6) is 0.204. The number of ether oxygens (including phenoxy) is 1. The first-order valence-electron chi connectivity index (χ1n) is 5.35. The summed E-state index contributed by atoms with van der Waals surface area (Å²) in [6.45, 7) is 5.90. The summed E-state index contributed by atoms with van der Waals surface area (Å²) in [5, 5.41) is 3.12. The average molecular weight is 215 g/mol. The van der Waals surface area contributed by atoms with Gasteiger partial charge in [-0.25, -0.2) is 0 Å². The van der Waals surface area contributed by atoms with Crippen molar-refractivity contribution in [1.82, 2.24) is 15.1 Å². The van der Waals surface area contributed by atoms with Gasteiger partial charge >= 0.3 is 0 Å². The molecule has 0 aromatic carbocycles. The van der Waals surface area contributed by atoms with Gasteiger partial charge in [-0.1, -0.05) is 0 Å². The average Bonchev–Trinajstić information content (AvgIpc) is 2.54. The summed E-state index contributed by atoms with van der Waals surface area (Å²) in [6.07, 6.45) is 0. The van der Waals surface area contributed by atoms with Crippen LogP contribution >= 0.6 is 0 Å². The molecule has 0 spiro atoms. The van der Waals surface area contributed by atoms with Gasteiger partial charge in [-0.3, -0.25) is 10.1 Å². The van der Waals surface area contributed by atoms with E-state index in [0.29, 0.717) is 6.67 Å². The summed E-state index contributed by atoms with van der Waals surface area (Å²) < 4.78 is 4.99. The van der Waals surface area contributed by atoms with E-state index in [1.165, 1.54) is 0 Å². The van der Waals surface area contributed by atoms with Gasteiger partial charge in [-0.05, 0) is 14.0 Å². The minimum Gasteiger partial charge on any atom is -0.383 e. The molecule has 0 saturated carbocycles. The Labute approximate surface area is 91.4 Å². The highest BCUT2D eigenvalue weighted by atomic mass is 16.5. The molecule has 1 atom stereocenters. The van der Waals surface area contributed by atoms with E-state index in [0.717, 1.165) is 26.2 Å². The zero-order valence-corrected chi connectivity index (χ0v) is 9.82. The number of carbonyl (C=O) groups excluding carboxylic acids is 1. The molecule has 1 fully saturated rings. The lowest BCUT2D eigenvalue weighted by molar-refractivity contribution is -0.128. The first kappa shape index (κ1) is 12.4. The molecule has 0 aromatic rings. The maximum Gasteiger partial charge on any atom is 0.240 e. The third-order valence-corrected chi connectivity index (χ3v) is 2.70. The van der Waals surface area contributed by atoms with Crippen molar-refractivity contribution in [3.05, 3.63) is 0 Å². The molecular formula is C10H21N3O2. The highest BCUT2D eigenvalue weighted by molar-refractivity contribution is 5.83. The lowest BCUT2D eigenvalue weighted by Gasteiger charge is -2.20. The summed E-state index contributed by atoms with van der Waals surface area (Å²) >= 11 is 0. The Balaban J connectivity index is 2.17. The van der Waals surface area contributed by atoms with Crippen molar-refractivity contribution >= 4 is 5.91 Å². The molecule has 1 rings (SSSR count). The van der Waals surface area contributed by atoms with Gasteiger partial charge in [0.25, 0.3) is 0 Å². The molecule has 1 unspecified atom stereocenters. The van der Waals surface area contributed by atoms with Gasteiger partial charge in [0.15, 0.2) is 0 Å². The molecule has 1 heterocycles. The molecule has 0 aromatic heterocycles. The third-order valence-electron chi connectivity index (χ3n) is 2.70. The fraction of sp³-hybridized carbons (Fsp3) is 0.900. The molecular weight excluding hydrogens is 194 g/mol. The monoisotopic (exact) mass is 215 g/mol. The van der Waals surface area contributed by atoms with Crippen molar-refractivity contribution in [3.63, 3.8) is 0 Å². The van der Waals surface area contributed by atoms with E-state index >= 15 is 0 Å². The molecule has 1 aliphatic rings. The SMILES string of the molecule is COCCN(C)CCN1CNC(C)C1=O. The van der Waals surface area contributed by atoms with Crippen LogP contribution in [0.5, 0.6) is 0 Å². The van der Waals surface area contributed by atoms with Crippen molar-refractivity contribution in [3.8, 4) is 0 Å². The largest absolute Gasteiger partial charge is 0.383 e. The Bertz CT molecular complexity index is 211. The number of carbonyl (C=O) groups is 1. The van der Waals surface area contributed by atoms with Crippen LogP contribution in [-0.4, -0.2) is 68.8 Å². The molecule has 5 nitrogen and oxygen atoms in total. The maximum atomic E-state index is 11.6. The van der Waals surface area contributed by atoms with Crippen molar-refractivity contribution in [2.75, 3.05) is 47.1 Å². The molecule has 1 amide bonds. The highest BCUT2D eigenvalue weighted by Gasteiger charge is 2.26. The van der Waals surface area contributed by atoms with Crippen LogP contribution in [0.25, 0.3) is 0 Å². The zero-order chi connectivity index (χ0) is 11.3. The van der Waals surface area contributed by atoms with Crippen molar-refractivity contribution in [2.24, 2.45) is 0 Å². The summed E-state index contributed by atoms with van der Waals surface area (Å²) in [4.78, 5) is 15.6. The van der Waals surface area contributed by atoms with Crippen molar-refractivity contribution in [1.29, 1.82) is 0 Å². The number of rotatable bonds is 6. The number of methoxy groups -OCH3 is 1. The van der Waals surface area contributed by atoms with Gasteiger partial charge in [0.05, 0.1) is 19.3 Å². The van der Waals surface area contributed by atoms with Gasteiger partial charge < -0.3 is 14.5 Å². The van der Waals surface area contributed by atoms with Gasteiger partial charge in [0.1, 0.15) is 0 Å². The summed E-state index contributed by atoms with van der Waals surface area (Å²) in [7, 11) is 3.74. The number of nitrogens with one attached hydrogen (secondary N) is 1. The van der Waals surface area contributed by atoms with Gasteiger partial charge in [0, 0.05) is 26.7 Å². The third kappa shape index (κ3) is 3.77. The normalized spacial score (nSPS) is 21.7. The first-order valence-corrected chi connectivity index (χ1v) is 5.35. The molecule has 88 valence electrons. The number of amides is 1. The number of nitrogens with zero attached hydrogens (tertiary/aromatic N) is 2. The Morgan fingerprint density at radius 3 is 2.87 bits per heavy atom. The fourth-order valence-corrected chi connectivity index (χ4v) is 1.53. The lowest BCUT2D eigenvalue weighted by Crippen LogP contribution is -2.36. The van der Waals surface area contributed by atoms with Crippen LogP contribution in [0.1, 0.15) is 6.92 Å². The van der Waals surface area contributed by atoms with Crippen LogP contribution in [0.3, 0.4) is 0 Å². The van der Waals surface area contributed by atoms with E-state index in [1.54, 1.807) is 7.11 Å². The fourth-order valence-electron chi connectivity index (χ4n) is 1.53. The predicted molar refractivity (Wildman–Crippen MR) is 58.6 cm³/mol. The molecule has 1 N–H and O–H groups in total. The molecule has 1 aliphatic heterocycles. The Kier molecular flexibility index (Phi) is 5.01. The zero-order valence-electron chi connectivity index (χ0n) is 9.82. The van der Waals surface area contributed by atoms with Crippen LogP contribution in [0.2, 0.25) is 0 Å². The molecule has 5 heteroatoms. The van der Waals surface area contributed by atoms with Crippen LogP contribution in [0, 0.1) is 0 Å². The minimum absolute atomic E-state index is 0.0192. The first-order chi connectivity index (χ1) is 7.15. The van der Waals surface area contributed by atoms with E-state index in [1.807, 2.05) is 18.9 Å². The molecule has 1 saturated heterocycles. The quantitative estimate of drug-likeness (QED) is 0.639. The molecule has 0 bridgehead atoms. The van der Waals surface area contributed by atoms with Crippen LogP contribution < -0.4 is 5.32 Å². The van der Waals surface area contributed by atoms with Gasteiger partial charge in [-0.15, -0.1) is 0 Å². The lowest BCUT2D eigenvalue weighted by atomic mass is 10.3. The van der Waals surface area contributed by atoms with Crippen molar-refractivity contribution < 1.29 is 9.53 Å². The second-order valence-corrected chi connectivity index (χ2v) is 3.98. The second kappa shape index (κ2) is 6.05. The Morgan fingerprint density at radius 2 is 2.33 bits per heavy atom. The number of likely N-dealkylation sites (N-methyl/N-ethyl adjacent to an activating group) is 1. The standard InChI is InChI=1S/C10H21N3O2/c1-9-10(14)13(8-11-9)5-4-12(2)6-7-15-3/h9,11H,4-8H2,1-3H3. The summed E-state index contributed by atoms with van der Waals surface area (Å²) in [5.41, 5.74) is 0. The van der Waals surface area contributed by atoms with E-state index in [-0.39, 0.29) is 11.9 Å². The van der Waals surface area contributed by atoms with Gasteiger partial charge in [0.2, 0.25) is 5.91 Å². The van der Waals surface area contributed by atoms with E-state index < -0.39 is 0 Å². The molecule has 0 aliphatic carbocycles. The van der Waals surface area contributed by atoms with Crippen molar-refractivity contribution in [2.45, 2.75) is 13.0 Å². The van der Waals surface area contributed by atoms with E-state index in [4.69, 9.17) is 4.74 Å². The van der Waals surface area contributed by atoms with Crippen LogP contribution in [-0.2, 0) is 9.53 Å². The van der Waals surface area contributed by atoms with Crippen LogP contribution in [0.4, 0.5) is 0 Å². The van der Waals surface area contributed by atoms with Crippen LogP contribution in [0.15, 0.2) is 0 Å². The van der Waals surface area contributed by atoms with E-state index in [9.17, 15) is 4.79 Å². The molecule has 0 radical (unpaired) electrons. The number of hydrogen-bond donors (Lipinski definition) is 1. The maximum absolute atomic E-state index is 11.6. The second-order valence-electron chi connectivity index (χ2n) is 3.98. The Morgan fingerprint density at radius 1 is 1.60 bits per heavy atom. The van der Waals surface area contributed by atoms with E-state index in [2.05, 4.69) is 10.2 Å². The smallest absolute Gasteiger partial charge is 0.240 e. The number of hydrogen-bond acceptors (Lipinski definition) is 4. The summed E-state index contributed by atoms with van der Waals surface area (Å²) in [6, 6.07) is -0.0192. The predicted octanol–water partition coefficient (Wildman–Crippen LogP) is -0.658.